The number of allylic oxidation sites excluding steroid dienone is 1. The third-order valence-electron chi connectivity index (χ3n) is 2.41. The molecule has 0 aliphatic heterocycles. The lowest BCUT2D eigenvalue weighted by molar-refractivity contribution is 0.104. The van der Waals surface area contributed by atoms with Crippen molar-refractivity contribution in [3.8, 4) is 11.5 Å². The fraction of sp³-hybridized carbons (Fsp3) is 0.0714. The molecule has 0 radical (unpaired) electrons. The van der Waals surface area contributed by atoms with E-state index in [0.29, 0.717) is 5.75 Å². The predicted molar refractivity (Wildman–Crippen MR) is 72.3 cm³/mol. The van der Waals surface area contributed by atoms with Crippen molar-refractivity contribution in [2.45, 2.75) is 0 Å². The number of thiophene rings is 1. The van der Waals surface area contributed by atoms with Gasteiger partial charge in [-0.1, -0.05) is 6.07 Å². The van der Waals surface area contributed by atoms with E-state index in [1.807, 2.05) is 17.5 Å². The van der Waals surface area contributed by atoms with Gasteiger partial charge >= 0.3 is 0 Å². The fourth-order valence-corrected chi connectivity index (χ4v) is 2.10. The Morgan fingerprint density at radius 3 is 2.83 bits per heavy atom. The number of carbonyl (C=O) groups excluding carboxylic acids is 1. The summed E-state index contributed by atoms with van der Waals surface area (Å²) in [7, 11) is 1.51. The van der Waals surface area contributed by atoms with E-state index in [1.54, 1.807) is 29.5 Å². The average molecular weight is 260 g/mol. The van der Waals surface area contributed by atoms with Crippen LogP contribution in [0.25, 0.3) is 6.08 Å². The minimum Gasteiger partial charge on any atom is -0.507 e. The Balaban J connectivity index is 2.19. The maximum absolute atomic E-state index is 11.9. The molecule has 1 aromatic heterocycles. The lowest BCUT2D eigenvalue weighted by atomic mass is 10.1. The molecule has 0 fully saturated rings. The van der Waals surface area contributed by atoms with E-state index in [9.17, 15) is 9.90 Å². The zero-order chi connectivity index (χ0) is 13.0. The van der Waals surface area contributed by atoms with Crippen LogP contribution in [0.3, 0.4) is 0 Å². The van der Waals surface area contributed by atoms with Crippen LogP contribution in [0.2, 0.25) is 0 Å². The molecule has 0 atom stereocenters. The highest BCUT2D eigenvalue weighted by atomic mass is 32.1. The maximum atomic E-state index is 11.9. The van der Waals surface area contributed by atoms with Crippen molar-refractivity contribution < 1.29 is 14.6 Å². The number of methoxy groups -OCH3 is 1. The van der Waals surface area contributed by atoms with E-state index in [-0.39, 0.29) is 17.1 Å². The van der Waals surface area contributed by atoms with Crippen LogP contribution in [-0.4, -0.2) is 18.0 Å². The molecular weight excluding hydrogens is 248 g/mol. The van der Waals surface area contributed by atoms with Gasteiger partial charge < -0.3 is 9.84 Å². The summed E-state index contributed by atoms with van der Waals surface area (Å²) >= 11 is 1.55. The van der Waals surface area contributed by atoms with Crippen LogP contribution in [0, 0.1) is 0 Å². The van der Waals surface area contributed by atoms with E-state index in [2.05, 4.69) is 0 Å². The molecule has 4 heteroatoms. The van der Waals surface area contributed by atoms with Gasteiger partial charge in [0, 0.05) is 10.9 Å². The summed E-state index contributed by atoms with van der Waals surface area (Å²) < 4.78 is 4.96. The van der Waals surface area contributed by atoms with E-state index in [4.69, 9.17) is 4.74 Å². The second-order valence-electron chi connectivity index (χ2n) is 3.60. The Morgan fingerprint density at radius 1 is 1.39 bits per heavy atom. The molecule has 0 spiro atoms. The van der Waals surface area contributed by atoms with Gasteiger partial charge in [-0.25, -0.2) is 0 Å². The van der Waals surface area contributed by atoms with E-state index < -0.39 is 0 Å². The molecule has 0 amide bonds. The Labute approximate surface area is 109 Å². The molecule has 0 saturated heterocycles. The third kappa shape index (κ3) is 2.78. The second-order valence-corrected chi connectivity index (χ2v) is 4.58. The van der Waals surface area contributed by atoms with Crippen LogP contribution in [-0.2, 0) is 0 Å². The standard InChI is InChI=1S/C14H12O3S/c1-17-10-4-6-12(14(16)9-10)13(15)7-5-11-3-2-8-18-11/h2-9,16H,1H3/b7-5+. The summed E-state index contributed by atoms with van der Waals surface area (Å²) in [5, 5.41) is 11.7. The summed E-state index contributed by atoms with van der Waals surface area (Å²) in [4.78, 5) is 12.9. The molecule has 18 heavy (non-hydrogen) atoms. The lowest BCUT2D eigenvalue weighted by Gasteiger charge is -2.03. The molecule has 0 aliphatic carbocycles. The Hall–Kier alpha value is -2.07. The lowest BCUT2D eigenvalue weighted by Crippen LogP contribution is -1.95. The Bertz CT molecular complexity index is 571. The molecule has 0 aliphatic rings. The first-order valence-corrected chi connectivity index (χ1v) is 6.21. The van der Waals surface area contributed by atoms with Crippen LogP contribution >= 0.6 is 11.3 Å². The van der Waals surface area contributed by atoms with Gasteiger partial charge in [-0.15, -0.1) is 11.3 Å². The summed E-state index contributed by atoms with van der Waals surface area (Å²) in [6.45, 7) is 0. The highest BCUT2D eigenvalue weighted by Gasteiger charge is 2.09. The van der Waals surface area contributed by atoms with Crippen molar-refractivity contribution in [2.75, 3.05) is 7.11 Å². The third-order valence-corrected chi connectivity index (χ3v) is 3.25. The minimum atomic E-state index is -0.233. The molecule has 3 nitrogen and oxygen atoms in total. The van der Waals surface area contributed by atoms with Gasteiger partial charge in [0.2, 0.25) is 0 Å². The number of hydrogen-bond donors (Lipinski definition) is 1. The highest BCUT2D eigenvalue weighted by Crippen LogP contribution is 2.24. The summed E-state index contributed by atoms with van der Waals surface area (Å²) in [5.74, 6) is 0.213. The summed E-state index contributed by atoms with van der Waals surface area (Å²) in [5.41, 5.74) is 0.267. The molecular formula is C14H12O3S. The molecule has 0 bridgehead atoms. The van der Waals surface area contributed by atoms with Crippen molar-refractivity contribution in [2.24, 2.45) is 0 Å². The van der Waals surface area contributed by atoms with Gasteiger partial charge in [0.25, 0.3) is 0 Å². The average Bonchev–Trinajstić information content (AvgIpc) is 2.88. The predicted octanol–water partition coefficient (Wildman–Crippen LogP) is 3.36. The second kappa shape index (κ2) is 5.51. The van der Waals surface area contributed by atoms with Crippen molar-refractivity contribution in [1.29, 1.82) is 0 Å². The van der Waals surface area contributed by atoms with Crippen molar-refractivity contribution in [3.05, 3.63) is 52.2 Å². The molecule has 92 valence electrons. The van der Waals surface area contributed by atoms with Gasteiger partial charge in [-0.05, 0) is 35.7 Å². The van der Waals surface area contributed by atoms with Crippen molar-refractivity contribution in [3.63, 3.8) is 0 Å². The van der Waals surface area contributed by atoms with Gasteiger partial charge in [-0.2, -0.15) is 0 Å². The van der Waals surface area contributed by atoms with Gasteiger partial charge in [-0.3, -0.25) is 4.79 Å². The first kappa shape index (κ1) is 12.4. The van der Waals surface area contributed by atoms with E-state index >= 15 is 0 Å². The quantitative estimate of drug-likeness (QED) is 0.677. The molecule has 1 aromatic carbocycles. The number of ether oxygens (including phenoxy) is 1. The van der Waals surface area contributed by atoms with Gasteiger partial charge in [0.15, 0.2) is 5.78 Å². The minimum absolute atomic E-state index is 0.0739. The molecule has 0 saturated carbocycles. The number of ketones is 1. The first-order valence-electron chi connectivity index (χ1n) is 5.33. The zero-order valence-corrected chi connectivity index (χ0v) is 10.6. The summed E-state index contributed by atoms with van der Waals surface area (Å²) in [6, 6.07) is 8.45. The summed E-state index contributed by atoms with van der Waals surface area (Å²) in [6.07, 6.45) is 3.18. The smallest absolute Gasteiger partial charge is 0.189 e. The number of benzene rings is 1. The number of carbonyl (C=O) groups is 1. The Morgan fingerprint density at radius 2 is 2.22 bits per heavy atom. The zero-order valence-electron chi connectivity index (χ0n) is 9.79. The van der Waals surface area contributed by atoms with Crippen LogP contribution in [0.5, 0.6) is 11.5 Å². The number of phenolic OH excluding ortho intramolecular Hbond substituents is 1. The number of aromatic hydroxyl groups is 1. The number of rotatable bonds is 4. The SMILES string of the molecule is COc1ccc(C(=O)/C=C/c2cccs2)c(O)c1. The van der Waals surface area contributed by atoms with Gasteiger partial charge in [0.05, 0.1) is 12.7 Å². The monoisotopic (exact) mass is 260 g/mol. The molecule has 1 N–H and O–H groups in total. The van der Waals surface area contributed by atoms with Crippen LogP contribution in [0.15, 0.2) is 41.8 Å². The maximum Gasteiger partial charge on any atom is 0.189 e. The highest BCUT2D eigenvalue weighted by molar-refractivity contribution is 7.10. The van der Waals surface area contributed by atoms with Crippen LogP contribution < -0.4 is 4.74 Å². The van der Waals surface area contributed by atoms with E-state index in [1.165, 1.54) is 19.3 Å². The molecule has 2 aromatic rings. The molecule has 2 rings (SSSR count). The Kier molecular flexibility index (Phi) is 3.79. The largest absolute Gasteiger partial charge is 0.507 e. The van der Waals surface area contributed by atoms with Crippen LogP contribution in [0.1, 0.15) is 15.2 Å². The van der Waals surface area contributed by atoms with Crippen LogP contribution in [0.4, 0.5) is 0 Å². The number of phenols is 1. The first-order chi connectivity index (χ1) is 8.70. The van der Waals surface area contributed by atoms with E-state index in [0.717, 1.165) is 4.88 Å². The number of hydrogen-bond acceptors (Lipinski definition) is 4. The topological polar surface area (TPSA) is 46.5 Å². The molecule has 1 heterocycles. The van der Waals surface area contributed by atoms with Gasteiger partial charge in [0.1, 0.15) is 11.5 Å². The molecule has 0 unspecified atom stereocenters. The fourth-order valence-electron chi connectivity index (χ4n) is 1.48. The normalized spacial score (nSPS) is 10.7. The van der Waals surface area contributed by atoms with Crippen molar-refractivity contribution in [1.82, 2.24) is 0 Å². The van der Waals surface area contributed by atoms with Crippen molar-refractivity contribution >= 4 is 23.2 Å².